The van der Waals surface area contributed by atoms with Crippen molar-refractivity contribution in [2.24, 2.45) is 0 Å². The number of hydrogen-bond donors (Lipinski definition) is 1. The van der Waals surface area contributed by atoms with Gasteiger partial charge in [0, 0.05) is 24.5 Å². The summed E-state index contributed by atoms with van der Waals surface area (Å²) >= 11 is 1.44. The van der Waals surface area contributed by atoms with E-state index in [1.807, 2.05) is 11.2 Å². The maximum Gasteiger partial charge on any atom is 0.255 e. The molecule has 0 unspecified atom stereocenters. The Morgan fingerprint density at radius 2 is 1.74 bits per heavy atom. The van der Waals surface area contributed by atoms with E-state index in [1.54, 1.807) is 37.4 Å². The predicted molar refractivity (Wildman–Crippen MR) is 122 cm³/mol. The summed E-state index contributed by atoms with van der Waals surface area (Å²) in [6.07, 6.45) is 4.96. The van der Waals surface area contributed by atoms with E-state index in [4.69, 9.17) is 9.47 Å². The van der Waals surface area contributed by atoms with Crippen LogP contribution >= 0.6 is 11.8 Å². The highest BCUT2D eigenvalue weighted by Crippen LogP contribution is 2.26. The van der Waals surface area contributed by atoms with Crippen molar-refractivity contribution < 1.29 is 22.7 Å². The van der Waals surface area contributed by atoms with Gasteiger partial charge >= 0.3 is 0 Å². The van der Waals surface area contributed by atoms with Gasteiger partial charge in [0.1, 0.15) is 18.1 Å². The molecule has 1 aliphatic heterocycles. The van der Waals surface area contributed by atoms with Crippen LogP contribution in [0.3, 0.4) is 0 Å². The summed E-state index contributed by atoms with van der Waals surface area (Å²) in [4.78, 5) is 15.7. The number of likely N-dealkylation sites (tertiary alicyclic amines) is 1. The molecule has 1 heterocycles. The molecule has 0 aliphatic carbocycles. The van der Waals surface area contributed by atoms with E-state index >= 15 is 0 Å². The quantitative estimate of drug-likeness (QED) is 0.452. The Balaban J connectivity index is 1.64. The van der Waals surface area contributed by atoms with Crippen molar-refractivity contribution in [2.75, 3.05) is 39.6 Å². The van der Waals surface area contributed by atoms with Crippen LogP contribution in [-0.2, 0) is 10.0 Å². The largest absolute Gasteiger partial charge is 0.497 e. The minimum Gasteiger partial charge on any atom is -0.497 e. The first-order valence-electron chi connectivity index (χ1n) is 10.2. The number of sulfonamides is 1. The maximum atomic E-state index is 13.0. The van der Waals surface area contributed by atoms with Gasteiger partial charge in [-0.2, -0.15) is 0 Å². The molecule has 3 rings (SSSR count). The number of carbonyl (C=O) groups excluding carboxylic acids is 1. The second kappa shape index (κ2) is 10.9. The van der Waals surface area contributed by atoms with Gasteiger partial charge in [-0.3, -0.25) is 4.79 Å². The molecule has 2 aromatic carbocycles. The van der Waals surface area contributed by atoms with Crippen molar-refractivity contribution in [3.63, 3.8) is 0 Å². The van der Waals surface area contributed by atoms with E-state index in [1.165, 1.54) is 23.9 Å². The molecular formula is C22H28N2O5S2. The Morgan fingerprint density at radius 3 is 2.39 bits per heavy atom. The Bertz CT molecular complexity index is 987. The number of benzene rings is 2. The van der Waals surface area contributed by atoms with Gasteiger partial charge in [0.05, 0.1) is 17.6 Å². The smallest absolute Gasteiger partial charge is 0.255 e. The van der Waals surface area contributed by atoms with Crippen LogP contribution in [0, 0.1) is 0 Å². The first-order valence-corrected chi connectivity index (χ1v) is 12.9. The molecule has 7 nitrogen and oxygen atoms in total. The summed E-state index contributed by atoms with van der Waals surface area (Å²) < 4.78 is 38.7. The van der Waals surface area contributed by atoms with Crippen LogP contribution < -0.4 is 14.2 Å². The fourth-order valence-electron chi connectivity index (χ4n) is 3.39. The second-order valence-corrected chi connectivity index (χ2v) is 9.75. The first-order chi connectivity index (χ1) is 14.9. The van der Waals surface area contributed by atoms with Crippen LogP contribution in [0.25, 0.3) is 0 Å². The van der Waals surface area contributed by atoms with Gasteiger partial charge in [0.2, 0.25) is 10.0 Å². The monoisotopic (exact) mass is 464 g/mol. The highest BCUT2D eigenvalue weighted by atomic mass is 32.2. The van der Waals surface area contributed by atoms with Gasteiger partial charge in [-0.05, 0) is 68.0 Å². The molecule has 1 saturated heterocycles. The highest BCUT2D eigenvalue weighted by molar-refractivity contribution is 7.98. The van der Waals surface area contributed by atoms with Crippen molar-refractivity contribution >= 4 is 27.7 Å². The molecule has 1 fully saturated rings. The third kappa shape index (κ3) is 6.15. The van der Waals surface area contributed by atoms with Crippen LogP contribution in [0.15, 0.2) is 52.3 Å². The summed E-state index contributed by atoms with van der Waals surface area (Å²) in [5.41, 5.74) is 0.437. The molecule has 31 heavy (non-hydrogen) atoms. The third-order valence-corrected chi connectivity index (χ3v) is 7.33. The fraction of sp³-hybridized carbons (Fsp3) is 0.409. The molecule has 0 spiro atoms. The average molecular weight is 465 g/mol. The summed E-state index contributed by atoms with van der Waals surface area (Å²) in [6.45, 7) is 1.71. The molecule has 0 bridgehead atoms. The van der Waals surface area contributed by atoms with E-state index in [0.717, 1.165) is 29.9 Å². The van der Waals surface area contributed by atoms with Crippen LogP contribution in [0.1, 0.15) is 29.6 Å². The molecule has 2 aromatic rings. The molecule has 1 aliphatic rings. The van der Waals surface area contributed by atoms with E-state index in [9.17, 15) is 13.2 Å². The van der Waals surface area contributed by atoms with Crippen LogP contribution in [0.2, 0.25) is 0 Å². The zero-order valence-corrected chi connectivity index (χ0v) is 19.4. The molecule has 0 radical (unpaired) electrons. The number of rotatable bonds is 9. The van der Waals surface area contributed by atoms with Crippen molar-refractivity contribution in [1.29, 1.82) is 0 Å². The normalized spacial score (nSPS) is 14.3. The Kier molecular flexibility index (Phi) is 8.22. The predicted octanol–water partition coefficient (Wildman–Crippen LogP) is 3.40. The standard InChI is InChI=1S/C22H28N2O5S2/c1-28-17-6-8-18(9-7-17)29-15-12-23-31(26,27)19-10-11-21(30-2)20(16-19)22(25)24-13-4-3-5-14-24/h6-11,16,23H,3-5,12-15H2,1-2H3. The molecule has 0 saturated carbocycles. The topological polar surface area (TPSA) is 84.9 Å². The zero-order valence-electron chi connectivity index (χ0n) is 17.8. The van der Waals surface area contributed by atoms with Gasteiger partial charge in [0.15, 0.2) is 0 Å². The van der Waals surface area contributed by atoms with Crippen LogP contribution in [0.4, 0.5) is 0 Å². The van der Waals surface area contributed by atoms with Gasteiger partial charge in [-0.15, -0.1) is 11.8 Å². The molecule has 168 valence electrons. The molecule has 1 N–H and O–H groups in total. The van der Waals surface area contributed by atoms with E-state index in [2.05, 4.69) is 4.72 Å². The SMILES string of the molecule is COc1ccc(OCCNS(=O)(=O)c2ccc(SC)c(C(=O)N3CCCCC3)c2)cc1. The lowest BCUT2D eigenvalue weighted by atomic mass is 10.1. The number of nitrogens with one attached hydrogen (secondary N) is 1. The second-order valence-electron chi connectivity index (χ2n) is 7.14. The number of thioether (sulfide) groups is 1. The Labute approximate surface area is 188 Å². The number of methoxy groups -OCH3 is 1. The lowest BCUT2D eigenvalue weighted by molar-refractivity contribution is 0.0720. The number of amides is 1. The fourth-order valence-corrected chi connectivity index (χ4v) is 5.00. The lowest BCUT2D eigenvalue weighted by Gasteiger charge is -2.27. The van der Waals surface area contributed by atoms with Gasteiger partial charge in [-0.1, -0.05) is 0 Å². The van der Waals surface area contributed by atoms with Gasteiger partial charge in [-0.25, -0.2) is 13.1 Å². The number of carbonyl (C=O) groups is 1. The van der Waals surface area contributed by atoms with E-state index < -0.39 is 10.0 Å². The minimum atomic E-state index is -3.77. The van der Waals surface area contributed by atoms with Crippen molar-refractivity contribution in [3.8, 4) is 11.5 Å². The average Bonchev–Trinajstić information content (AvgIpc) is 2.82. The van der Waals surface area contributed by atoms with E-state index in [-0.39, 0.29) is 24.0 Å². The summed E-state index contributed by atoms with van der Waals surface area (Å²) in [7, 11) is -2.18. The zero-order chi connectivity index (χ0) is 22.3. The lowest BCUT2D eigenvalue weighted by Crippen LogP contribution is -2.36. The Morgan fingerprint density at radius 1 is 1.06 bits per heavy atom. The van der Waals surface area contributed by atoms with Crippen molar-refractivity contribution in [3.05, 3.63) is 48.0 Å². The first kappa shape index (κ1) is 23.4. The summed E-state index contributed by atoms with van der Waals surface area (Å²) in [5, 5.41) is 0. The molecule has 9 heteroatoms. The van der Waals surface area contributed by atoms with Crippen LogP contribution in [0.5, 0.6) is 11.5 Å². The molecule has 1 amide bonds. The van der Waals surface area contributed by atoms with Crippen molar-refractivity contribution in [2.45, 2.75) is 29.1 Å². The van der Waals surface area contributed by atoms with Crippen LogP contribution in [-0.4, -0.2) is 58.8 Å². The highest BCUT2D eigenvalue weighted by Gasteiger charge is 2.23. The molecule has 0 aromatic heterocycles. The maximum absolute atomic E-state index is 13.0. The van der Waals surface area contributed by atoms with Gasteiger partial charge < -0.3 is 14.4 Å². The van der Waals surface area contributed by atoms with Gasteiger partial charge in [0.25, 0.3) is 5.91 Å². The number of ether oxygens (including phenoxy) is 2. The van der Waals surface area contributed by atoms with Crippen molar-refractivity contribution in [1.82, 2.24) is 9.62 Å². The summed E-state index contributed by atoms with van der Waals surface area (Å²) in [5.74, 6) is 1.24. The number of hydrogen-bond acceptors (Lipinski definition) is 6. The summed E-state index contributed by atoms with van der Waals surface area (Å²) in [6, 6.07) is 11.8. The molecular weight excluding hydrogens is 436 g/mol. The minimum absolute atomic E-state index is 0.0788. The number of piperidine rings is 1. The Hall–Kier alpha value is -2.23. The third-order valence-electron chi connectivity index (χ3n) is 5.08. The van der Waals surface area contributed by atoms with E-state index in [0.29, 0.717) is 24.4 Å². The number of nitrogens with zero attached hydrogens (tertiary/aromatic N) is 1. The molecule has 0 atom stereocenters.